The van der Waals surface area contributed by atoms with E-state index in [4.69, 9.17) is 4.74 Å². The summed E-state index contributed by atoms with van der Waals surface area (Å²) in [5, 5.41) is 11.8. The number of methoxy groups -OCH3 is 1. The fourth-order valence-electron chi connectivity index (χ4n) is 4.78. The molecule has 2 N–H and O–H groups in total. The summed E-state index contributed by atoms with van der Waals surface area (Å²) in [5.41, 5.74) is 5.09. The Balaban J connectivity index is 1.35. The summed E-state index contributed by atoms with van der Waals surface area (Å²) in [4.78, 5) is 54.7. The minimum absolute atomic E-state index is 0.0179. The van der Waals surface area contributed by atoms with Crippen molar-refractivity contribution >= 4 is 40.6 Å². The van der Waals surface area contributed by atoms with E-state index in [1.807, 2.05) is 19.1 Å². The van der Waals surface area contributed by atoms with Crippen LogP contribution < -0.4 is 10.6 Å². The highest BCUT2D eigenvalue weighted by Crippen LogP contribution is 2.35. The zero-order valence-electron chi connectivity index (χ0n) is 21.0. The molecule has 1 aliphatic carbocycles. The van der Waals surface area contributed by atoms with Gasteiger partial charge in [-0.15, -0.1) is 11.3 Å². The number of hydrogen-bond acceptors (Lipinski definition) is 8. The first-order valence-corrected chi connectivity index (χ1v) is 12.9. The zero-order valence-corrected chi connectivity index (χ0v) is 21.8. The standard InChI is InChI=1S/C27H25N5O5S/c1-14-17(15(2)33)4-5-19-18(14)6-7-20(19)31-26(35)22-11-21(30-24-8-9-29-32(22)24)25(34)28-12-16-10-23(38-13-16)27(36)37-3/h4-5,8-11,13,20H,6-7,12H2,1-3H3,(H,28,34)(H,31,35)/t20-/m0/s1. The van der Waals surface area contributed by atoms with Gasteiger partial charge in [0.15, 0.2) is 11.4 Å². The number of benzene rings is 1. The highest BCUT2D eigenvalue weighted by atomic mass is 32.1. The summed E-state index contributed by atoms with van der Waals surface area (Å²) in [6.45, 7) is 3.67. The molecule has 0 bridgehead atoms. The van der Waals surface area contributed by atoms with E-state index in [1.165, 1.54) is 35.2 Å². The number of thiophene rings is 1. The summed E-state index contributed by atoms with van der Waals surface area (Å²) in [6, 6.07) is 8.18. The minimum Gasteiger partial charge on any atom is -0.465 e. The Kier molecular flexibility index (Phi) is 6.77. The normalized spacial score (nSPS) is 14.2. The van der Waals surface area contributed by atoms with Crippen molar-refractivity contribution < 1.29 is 23.9 Å². The third-order valence-electron chi connectivity index (χ3n) is 6.70. The number of hydrogen-bond donors (Lipinski definition) is 2. The fraction of sp³-hybridized carbons (Fsp3) is 0.259. The molecule has 10 nitrogen and oxygen atoms in total. The Hall–Kier alpha value is -4.38. The number of amides is 2. The van der Waals surface area contributed by atoms with Gasteiger partial charge in [0.1, 0.15) is 16.3 Å². The van der Waals surface area contributed by atoms with Crippen LogP contribution in [0.1, 0.15) is 82.6 Å². The predicted octanol–water partition coefficient (Wildman–Crippen LogP) is 3.44. The van der Waals surface area contributed by atoms with E-state index in [9.17, 15) is 19.2 Å². The van der Waals surface area contributed by atoms with E-state index < -0.39 is 11.9 Å². The first-order valence-electron chi connectivity index (χ1n) is 12.0. The molecule has 3 aromatic heterocycles. The lowest BCUT2D eigenvalue weighted by Crippen LogP contribution is -2.30. The molecule has 0 spiro atoms. The van der Waals surface area contributed by atoms with Crippen LogP contribution in [0, 0.1) is 6.92 Å². The lowest BCUT2D eigenvalue weighted by atomic mass is 9.96. The van der Waals surface area contributed by atoms with Crippen LogP contribution >= 0.6 is 11.3 Å². The molecule has 1 aromatic carbocycles. The smallest absolute Gasteiger partial charge is 0.348 e. The zero-order chi connectivity index (χ0) is 27.0. The maximum absolute atomic E-state index is 13.4. The largest absolute Gasteiger partial charge is 0.465 e. The molecule has 11 heteroatoms. The van der Waals surface area contributed by atoms with Gasteiger partial charge < -0.3 is 15.4 Å². The van der Waals surface area contributed by atoms with Crippen LogP contribution in [0.5, 0.6) is 0 Å². The predicted molar refractivity (Wildman–Crippen MR) is 140 cm³/mol. The molecule has 0 fully saturated rings. The summed E-state index contributed by atoms with van der Waals surface area (Å²) in [6.07, 6.45) is 2.98. The Morgan fingerprint density at radius 2 is 1.97 bits per heavy atom. The van der Waals surface area contributed by atoms with Crippen LogP contribution in [0.2, 0.25) is 0 Å². The lowest BCUT2D eigenvalue weighted by Gasteiger charge is -2.16. The molecule has 194 valence electrons. The van der Waals surface area contributed by atoms with E-state index in [0.29, 0.717) is 22.5 Å². The lowest BCUT2D eigenvalue weighted by molar-refractivity contribution is 0.0605. The second-order valence-corrected chi connectivity index (χ2v) is 9.96. The van der Waals surface area contributed by atoms with Gasteiger partial charge in [-0.05, 0) is 60.4 Å². The number of nitrogens with one attached hydrogen (secondary N) is 2. The molecule has 0 saturated carbocycles. The molecule has 4 aromatic rings. The van der Waals surface area contributed by atoms with Crippen LogP contribution in [0.4, 0.5) is 0 Å². The molecule has 0 unspecified atom stereocenters. The van der Waals surface area contributed by atoms with Gasteiger partial charge in [-0.2, -0.15) is 5.10 Å². The van der Waals surface area contributed by atoms with Crippen molar-refractivity contribution in [2.24, 2.45) is 0 Å². The molecular formula is C27H25N5O5S. The number of esters is 1. The minimum atomic E-state index is -0.466. The summed E-state index contributed by atoms with van der Waals surface area (Å²) < 4.78 is 6.11. The second kappa shape index (κ2) is 10.2. The van der Waals surface area contributed by atoms with E-state index in [1.54, 1.807) is 24.4 Å². The Labute approximate surface area is 222 Å². The Morgan fingerprint density at radius 1 is 1.16 bits per heavy atom. The first kappa shape index (κ1) is 25.3. The second-order valence-electron chi connectivity index (χ2n) is 9.05. The van der Waals surface area contributed by atoms with Crippen LogP contribution in [0.25, 0.3) is 5.65 Å². The topological polar surface area (TPSA) is 132 Å². The summed E-state index contributed by atoms with van der Waals surface area (Å²) in [7, 11) is 1.31. The van der Waals surface area contributed by atoms with Crippen molar-refractivity contribution in [1.82, 2.24) is 25.2 Å². The van der Waals surface area contributed by atoms with Crippen LogP contribution in [0.3, 0.4) is 0 Å². The molecule has 1 aliphatic rings. The number of carbonyl (C=O) groups is 4. The third-order valence-corrected chi connectivity index (χ3v) is 7.65. The van der Waals surface area contributed by atoms with Gasteiger partial charge in [0.25, 0.3) is 11.8 Å². The van der Waals surface area contributed by atoms with Crippen molar-refractivity contribution in [3.05, 3.63) is 86.0 Å². The van der Waals surface area contributed by atoms with Crippen molar-refractivity contribution in [3.8, 4) is 0 Å². The number of aromatic nitrogens is 3. The quantitative estimate of drug-likeness (QED) is 0.276. The fourth-order valence-corrected chi connectivity index (χ4v) is 5.61. The van der Waals surface area contributed by atoms with Gasteiger partial charge >= 0.3 is 5.97 Å². The van der Waals surface area contributed by atoms with Crippen molar-refractivity contribution in [2.75, 3.05) is 7.11 Å². The number of fused-ring (bicyclic) bond motifs is 2. The first-order chi connectivity index (χ1) is 18.3. The maximum Gasteiger partial charge on any atom is 0.348 e. The molecule has 1 atom stereocenters. The Morgan fingerprint density at radius 3 is 2.74 bits per heavy atom. The summed E-state index contributed by atoms with van der Waals surface area (Å²) in [5.74, 6) is -1.27. The van der Waals surface area contributed by atoms with E-state index >= 15 is 0 Å². The van der Waals surface area contributed by atoms with Crippen molar-refractivity contribution in [1.29, 1.82) is 0 Å². The van der Waals surface area contributed by atoms with Gasteiger partial charge in [0.05, 0.1) is 19.3 Å². The molecule has 0 aliphatic heterocycles. The summed E-state index contributed by atoms with van der Waals surface area (Å²) >= 11 is 1.23. The molecule has 5 rings (SSSR count). The van der Waals surface area contributed by atoms with Crippen molar-refractivity contribution in [3.63, 3.8) is 0 Å². The average molecular weight is 532 g/mol. The molecule has 0 saturated heterocycles. The van der Waals surface area contributed by atoms with Gasteiger partial charge in [-0.3, -0.25) is 14.4 Å². The van der Waals surface area contributed by atoms with Gasteiger partial charge in [-0.1, -0.05) is 12.1 Å². The molecule has 0 radical (unpaired) electrons. The maximum atomic E-state index is 13.4. The van der Waals surface area contributed by atoms with Crippen LogP contribution in [-0.4, -0.2) is 45.3 Å². The number of Topliss-reactive ketones (excluding diaryl/α,β-unsaturated/α-hetero) is 1. The number of nitrogens with zero attached hydrogens (tertiary/aromatic N) is 3. The number of ether oxygens (including phenoxy) is 1. The monoisotopic (exact) mass is 531 g/mol. The number of ketones is 1. The molecular weight excluding hydrogens is 506 g/mol. The van der Waals surface area contributed by atoms with Gasteiger partial charge in [0.2, 0.25) is 0 Å². The van der Waals surface area contributed by atoms with E-state index in [0.717, 1.165) is 28.7 Å². The van der Waals surface area contributed by atoms with Gasteiger partial charge in [0, 0.05) is 24.2 Å². The van der Waals surface area contributed by atoms with E-state index in [2.05, 4.69) is 20.7 Å². The Bertz CT molecular complexity index is 1600. The number of carbonyl (C=O) groups excluding carboxylic acids is 4. The average Bonchev–Trinajstić information content (AvgIpc) is 3.66. The molecule has 3 heterocycles. The van der Waals surface area contributed by atoms with Gasteiger partial charge in [-0.25, -0.2) is 14.3 Å². The third kappa shape index (κ3) is 4.68. The van der Waals surface area contributed by atoms with E-state index in [-0.39, 0.29) is 35.7 Å². The highest BCUT2D eigenvalue weighted by molar-refractivity contribution is 7.12. The van der Waals surface area contributed by atoms with Crippen molar-refractivity contribution in [2.45, 2.75) is 39.3 Å². The highest BCUT2D eigenvalue weighted by Gasteiger charge is 2.28. The SMILES string of the molecule is COC(=O)c1cc(CNC(=O)c2cc(C(=O)N[C@H]3CCc4c3ccc(C(C)=O)c4C)n3nccc3n2)cs1. The molecule has 38 heavy (non-hydrogen) atoms. The van der Waals surface area contributed by atoms with Crippen LogP contribution in [0.15, 0.2) is 41.9 Å². The molecule has 2 amide bonds. The number of rotatable bonds is 7. The van der Waals surface area contributed by atoms with Crippen LogP contribution in [-0.2, 0) is 17.7 Å².